The molecule has 120 valence electrons. The summed E-state index contributed by atoms with van der Waals surface area (Å²) in [6.45, 7) is 11.3. The highest BCUT2D eigenvalue weighted by atomic mass is 19.1. The lowest BCUT2D eigenvalue weighted by atomic mass is 10.1. The summed E-state index contributed by atoms with van der Waals surface area (Å²) in [5, 5.41) is 3.34. The van der Waals surface area contributed by atoms with Crippen molar-refractivity contribution in [3.05, 3.63) is 29.6 Å². The van der Waals surface area contributed by atoms with Gasteiger partial charge in [0.05, 0.1) is 12.2 Å². The molecule has 1 aromatic rings. The third-order valence-electron chi connectivity index (χ3n) is 3.28. The first-order chi connectivity index (χ1) is 9.61. The zero-order chi connectivity index (χ0) is 16.1. The Hall–Kier alpha value is -1.13. The molecule has 0 spiro atoms. The van der Waals surface area contributed by atoms with Gasteiger partial charge in [-0.25, -0.2) is 4.39 Å². The fourth-order valence-corrected chi connectivity index (χ4v) is 1.69. The Morgan fingerprint density at radius 1 is 1.10 bits per heavy atom. The van der Waals surface area contributed by atoms with Crippen molar-refractivity contribution in [1.29, 1.82) is 0 Å². The van der Waals surface area contributed by atoms with Crippen LogP contribution >= 0.6 is 0 Å². The molecule has 0 aromatic heterocycles. The molecule has 0 aliphatic carbocycles. The predicted molar refractivity (Wildman–Crippen MR) is 84.2 cm³/mol. The summed E-state index contributed by atoms with van der Waals surface area (Å²) in [6.07, 6.45) is 0.746. The number of hydrogen-bond acceptors (Lipinski definition) is 3. The van der Waals surface area contributed by atoms with Crippen LogP contribution in [0.2, 0.25) is 0 Å². The van der Waals surface area contributed by atoms with Gasteiger partial charge >= 0.3 is 0 Å². The van der Waals surface area contributed by atoms with Gasteiger partial charge in [0.1, 0.15) is 11.6 Å². The van der Waals surface area contributed by atoms with Crippen LogP contribution in [0.25, 0.3) is 0 Å². The summed E-state index contributed by atoms with van der Waals surface area (Å²) in [7, 11) is 1.68. The van der Waals surface area contributed by atoms with Crippen molar-refractivity contribution in [2.45, 2.75) is 58.7 Å². The summed E-state index contributed by atoms with van der Waals surface area (Å²) >= 11 is 0. The molecule has 0 atom stereocenters. The van der Waals surface area contributed by atoms with E-state index in [1.165, 1.54) is 12.1 Å². The molecule has 0 aliphatic heterocycles. The van der Waals surface area contributed by atoms with Gasteiger partial charge in [0.25, 0.3) is 0 Å². The zero-order valence-electron chi connectivity index (χ0n) is 14.0. The Balaban J connectivity index is 2.61. The van der Waals surface area contributed by atoms with E-state index in [4.69, 9.17) is 9.47 Å². The summed E-state index contributed by atoms with van der Waals surface area (Å²) in [6, 6.07) is 4.83. The van der Waals surface area contributed by atoms with Crippen molar-refractivity contribution < 1.29 is 13.9 Å². The molecule has 0 heterocycles. The second-order valence-electron chi connectivity index (χ2n) is 6.96. The van der Waals surface area contributed by atoms with E-state index >= 15 is 0 Å². The number of nitrogens with one attached hydrogen (secondary N) is 1. The maximum absolute atomic E-state index is 13.6. The molecule has 0 aliphatic rings. The van der Waals surface area contributed by atoms with Gasteiger partial charge in [0.2, 0.25) is 0 Å². The Morgan fingerprint density at radius 3 is 2.33 bits per heavy atom. The summed E-state index contributed by atoms with van der Waals surface area (Å²) in [5.74, 6) is 0.289. The molecule has 3 nitrogen and oxygen atoms in total. The third-order valence-corrected chi connectivity index (χ3v) is 3.28. The molecule has 1 aromatic carbocycles. The average molecular weight is 297 g/mol. The Labute approximate surface area is 127 Å². The molecule has 4 heteroatoms. The van der Waals surface area contributed by atoms with Crippen LogP contribution < -0.4 is 10.1 Å². The van der Waals surface area contributed by atoms with Crippen molar-refractivity contribution in [1.82, 2.24) is 5.32 Å². The third kappa shape index (κ3) is 7.44. The van der Waals surface area contributed by atoms with Crippen LogP contribution in [0.15, 0.2) is 18.2 Å². The summed E-state index contributed by atoms with van der Waals surface area (Å²) in [5.41, 5.74) is 0.644. The van der Waals surface area contributed by atoms with Crippen molar-refractivity contribution in [2.24, 2.45) is 0 Å². The standard InChI is InChI=1S/C17H28FNO2/c1-16(2,3)19-12-13-9-14(18)11-15(10-13)21-8-7-17(4,5)20-6/h9-11,19H,7-8,12H2,1-6H3. The Kier molecular flexibility index (Phi) is 6.17. The molecule has 1 rings (SSSR count). The van der Waals surface area contributed by atoms with Crippen LogP contribution in [0, 0.1) is 5.82 Å². The van der Waals surface area contributed by atoms with Crippen LogP contribution in [0.3, 0.4) is 0 Å². The topological polar surface area (TPSA) is 30.5 Å². The monoisotopic (exact) mass is 297 g/mol. The number of methoxy groups -OCH3 is 1. The molecule has 0 unspecified atom stereocenters. The van der Waals surface area contributed by atoms with Crippen LogP contribution in [-0.2, 0) is 11.3 Å². The first-order valence-corrected chi connectivity index (χ1v) is 7.34. The molecular weight excluding hydrogens is 269 g/mol. The largest absolute Gasteiger partial charge is 0.493 e. The number of hydrogen-bond donors (Lipinski definition) is 1. The zero-order valence-corrected chi connectivity index (χ0v) is 14.0. The van der Waals surface area contributed by atoms with Gasteiger partial charge < -0.3 is 14.8 Å². The van der Waals surface area contributed by atoms with E-state index in [0.717, 1.165) is 12.0 Å². The first kappa shape index (κ1) is 17.9. The predicted octanol–water partition coefficient (Wildman–Crippen LogP) is 3.91. The SMILES string of the molecule is COC(C)(C)CCOc1cc(F)cc(CNC(C)(C)C)c1. The number of benzene rings is 1. The highest BCUT2D eigenvalue weighted by Gasteiger charge is 2.16. The van der Waals surface area contributed by atoms with E-state index in [9.17, 15) is 4.39 Å². The minimum atomic E-state index is -0.274. The molecule has 0 saturated carbocycles. The van der Waals surface area contributed by atoms with Gasteiger partial charge in [-0.05, 0) is 52.3 Å². The second-order valence-corrected chi connectivity index (χ2v) is 6.96. The van der Waals surface area contributed by atoms with E-state index in [1.807, 2.05) is 19.9 Å². The van der Waals surface area contributed by atoms with E-state index in [-0.39, 0.29) is 17.0 Å². The van der Waals surface area contributed by atoms with Gasteiger partial charge in [0, 0.05) is 31.7 Å². The summed E-state index contributed by atoms with van der Waals surface area (Å²) < 4.78 is 24.6. The fraction of sp³-hybridized carbons (Fsp3) is 0.647. The van der Waals surface area contributed by atoms with Gasteiger partial charge in [-0.1, -0.05) is 0 Å². The minimum absolute atomic E-state index is 0.00414. The molecule has 0 fully saturated rings. The van der Waals surface area contributed by atoms with Crippen molar-refractivity contribution in [3.8, 4) is 5.75 Å². The van der Waals surface area contributed by atoms with Crippen molar-refractivity contribution in [3.63, 3.8) is 0 Å². The maximum Gasteiger partial charge on any atom is 0.127 e. The fourth-order valence-electron chi connectivity index (χ4n) is 1.69. The number of halogens is 1. The van der Waals surface area contributed by atoms with Crippen LogP contribution in [0.4, 0.5) is 4.39 Å². The van der Waals surface area contributed by atoms with Gasteiger partial charge in [-0.15, -0.1) is 0 Å². The molecular formula is C17H28FNO2. The van der Waals surface area contributed by atoms with Crippen molar-refractivity contribution in [2.75, 3.05) is 13.7 Å². The van der Waals surface area contributed by atoms with Crippen LogP contribution in [0.5, 0.6) is 5.75 Å². The molecule has 0 saturated heterocycles. The average Bonchev–Trinajstić information content (AvgIpc) is 2.35. The Bertz CT molecular complexity index is 453. The van der Waals surface area contributed by atoms with Crippen LogP contribution in [0.1, 0.15) is 46.6 Å². The molecule has 0 radical (unpaired) electrons. The molecule has 0 bridgehead atoms. The lowest BCUT2D eigenvalue weighted by Gasteiger charge is -2.23. The van der Waals surface area contributed by atoms with E-state index in [0.29, 0.717) is 18.9 Å². The van der Waals surface area contributed by atoms with Crippen LogP contribution in [-0.4, -0.2) is 24.9 Å². The smallest absolute Gasteiger partial charge is 0.127 e. The maximum atomic E-state index is 13.6. The molecule has 1 N–H and O–H groups in total. The molecule has 0 amide bonds. The van der Waals surface area contributed by atoms with Crippen molar-refractivity contribution >= 4 is 0 Å². The minimum Gasteiger partial charge on any atom is -0.493 e. The lowest BCUT2D eigenvalue weighted by molar-refractivity contribution is 0.00543. The van der Waals surface area contributed by atoms with Gasteiger partial charge in [0.15, 0.2) is 0 Å². The second kappa shape index (κ2) is 7.23. The van der Waals surface area contributed by atoms with E-state index in [2.05, 4.69) is 26.1 Å². The highest BCUT2D eigenvalue weighted by Crippen LogP contribution is 2.19. The van der Waals surface area contributed by atoms with Gasteiger partial charge in [-0.3, -0.25) is 0 Å². The quantitative estimate of drug-likeness (QED) is 0.828. The number of ether oxygens (including phenoxy) is 2. The lowest BCUT2D eigenvalue weighted by Crippen LogP contribution is -2.35. The van der Waals surface area contributed by atoms with E-state index in [1.54, 1.807) is 7.11 Å². The van der Waals surface area contributed by atoms with E-state index < -0.39 is 0 Å². The summed E-state index contributed by atoms with van der Waals surface area (Å²) in [4.78, 5) is 0. The van der Waals surface area contributed by atoms with Gasteiger partial charge in [-0.2, -0.15) is 0 Å². The molecule has 21 heavy (non-hydrogen) atoms. The normalized spacial score (nSPS) is 12.5. The highest BCUT2D eigenvalue weighted by molar-refractivity contribution is 5.29. The number of rotatable bonds is 7. The Morgan fingerprint density at radius 2 is 1.76 bits per heavy atom. The first-order valence-electron chi connectivity index (χ1n) is 7.34.